The zero-order chi connectivity index (χ0) is 19.6. The quantitative estimate of drug-likeness (QED) is 0.662. The molecule has 0 fully saturated rings. The van der Waals surface area contributed by atoms with E-state index in [4.69, 9.17) is 0 Å². The Morgan fingerprint density at radius 1 is 1.18 bits per heavy atom. The smallest absolute Gasteiger partial charge is 0.270 e. The molecule has 2 aromatic rings. The van der Waals surface area contributed by atoms with Crippen molar-refractivity contribution in [3.05, 3.63) is 54.6 Å². The summed E-state index contributed by atoms with van der Waals surface area (Å²) in [7, 11) is -2.86. The Morgan fingerprint density at radius 3 is 2.29 bits per heavy atom. The number of rotatable bonds is 3. The van der Waals surface area contributed by atoms with E-state index in [-0.39, 0.29) is 62.0 Å². The summed E-state index contributed by atoms with van der Waals surface area (Å²) in [5.41, 5.74) is 0.974. The van der Waals surface area contributed by atoms with E-state index in [1.807, 2.05) is 13.8 Å². The van der Waals surface area contributed by atoms with E-state index in [2.05, 4.69) is 5.10 Å². The largest absolute Gasteiger partial charge is 0.506 e. The molecule has 28 heavy (non-hydrogen) atoms. The minimum Gasteiger partial charge on any atom is -0.506 e. The van der Waals surface area contributed by atoms with Gasteiger partial charge in [-0.1, -0.05) is 38.1 Å². The SMILES string of the molecule is CC.Cc1ccccc1C1=C(O)c2cn(C)nc2N(CC(F)F)S1(=O)=O.[CH3-].[Y]. The van der Waals surface area contributed by atoms with Gasteiger partial charge in [-0.25, -0.2) is 21.5 Å². The first-order valence-corrected chi connectivity index (χ1v) is 9.51. The molecule has 1 N–H and O–H groups in total. The molecule has 10 heteroatoms. The normalized spacial score (nSPS) is 14.5. The average molecular weight is 489 g/mol. The Kier molecular flexibility index (Phi) is 9.97. The van der Waals surface area contributed by atoms with Crippen molar-refractivity contribution < 1.29 is 55.0 Å². The van der Waals surface area contributed by atoms with Crippen LogP contribution in [0.2, 0.25) is 0 Å². The van der Waals surface area contributed by atoms with Crippen molar-refractivity contribution in [3.8, 4) is 0 Å². The average Bonchev–Trinajstić information content (AvgIpc) is 2.97. The summed E-state index contributed by atoms with van der Waals surface area (Å²) in [5, 5.41) is 14.5. The zero-order valence-electron chi connectivity index (χ0n) is 16.5. The van der Waals surface area contributed by atoms with Gasteiger partial charge in [0.05, 0.1) is 12.1 Å². The van der Waals surface area contributed by atoms with Gasteiger partial charge < -0.3 is 12.5 Å². The van der Waals surface area contributed by atoms with Crippen molar-refractivity contribution in [2.45, 2.75) is 27.2 Å². The molecule has 1 aliphatic heterocycles. The second-order valence-corrected chi connectivity index (χ2v) is 7.26. The topological polar surface area (TPSA) is 75.4 Å². The molecule has 0 amide bonds. The number of hydrogen-bond acceptors (Lipinski definition) is 4. The van der Waals surface area contributed by atoms with Crippen molar-refractivity contribution in [1.29, 1.82) is 0 Å². The molecule has 0 spiro atoms. The van der Waals surface area contributed by atoms with Crippen molar-refractivity contribution in [1.82, 2.24) is 9.78 Å². The monoisotopic (exact) mass is 489 g/mol. The van der Waals surface area contributed by atoms with E-state index in [0.29, 0.717) is 9.87 Å². The first-order valence-electron chi connectivity index (χ1n) is 8.07. The van der Waals surface area contributed by atoms with E-state index < -0.39 is 28.8 Å². The first-order chi connectivity index (χ1) is 12.2. The summed E-state index contributed by atoms with van der Waals surface area (Å²) >= 11 is 0. The van der Waals surface area contributed by atoms with Crippen molar-refractivity contribution in [3.63, 3.8) is 0 Å². The Bertz CT molecular complexity index is 943. The number of aliphatic hydroxyl groups is 1. The Morgan fingerprint density at radius 2 is 1.75 bits per heavy atom. The Balaban J connectivity index is 0.00000177. The van der Waals surface area contributed by atoms with Crippen LogP contribution in [0, 0.1) is 14.4 Å². The van der Waals surface area contributed by atoms with Gasteiger partial charge in [0.1, 0.15) is 10.7 Å². The van der Waals surface area contributed by atoms with Gasteiger partial charge in [-0.3, -0.25) is 4.68 Å². The number of nitrogens with zero attached hydrogens (tertiary/aromatic N) is 3. The molecule has 0 bridgehead atoms. The molecule has 153 valence electrons. The number of aliphatic hydroxyl groups excluding tert-OH is 1. The predicted molar refractivity (Wildman–Crippen MR) is 104 cm³/mol. The summed E-state index contributed by atoms with van der Waals surface area (Å²) in [6.45, 7) is 4.65. The third-order valence-electron chi connectivity index (χ3n) is 3.76. The van der Waals surface area contributed by atoms with E-state index in [9.17, 15) is 22.3 Å². The fourth-order valence-corrected chi connectivity index (χ4v) is 4.45. The number of hydrogen-bond donors (Lipinski definition) is 1. The van der Waals surface area contributed by atoms with Crippen molar-refractivity contribution >= 4 is 26.5 Å². The molecule has 0 saturated heterocycles. The molecule has 0 unspecified atom stereocenters. The Labute approximate surface area is 190 Å². The van der Waals surface area contributed by atoms with Gasteiger partial charge in [0, 0.05) is 51.5 Å². The molecule has 1 aliphatic rings. The molecular weight excluding hydrogens is 465 g/mol. The van der Waals surface area contributed by atoms with Gasteiger partial charge in [0.15, 0.2) is 5.82 Å². The number of anilines is 1. The van der Waals surface area contributed by atoms with Crippen LogP contribution in [0.3, 0.4) is 0 Å². The third-order valence-corrected chi connectivity index (χ3v) is 5.59. The molecule has 0 atom stereocenters. The maximum Gasteiger partial charge on any atom is 0.270 e. The maximum absolute atomic E-state index is 13.0. The fourth-order valence-electron chi connectivity index (χ4n) is 2.70. The molecule has 1 aromatic heterocycles. The number of alkyl halides is 2. The number of fused-ring (bicyclic) bond motifs is 1. The minimum absolute atomic E-state index is 0. The summed E-state index contributed by atoms with van der Waals surface area (Å²) < 4.78 is 53.5. The molecule has 2 heterocycles. The van der Waals surface area contributed by atoms with Crippen LogP contribution >= 0.6 is 0 Å². The zero-order valence-corrected chi connectivity index (χ0v) is 20.2. The fraction of sp³-hybridized carbons (Fsp3) is 0.333. The number of benzene rings is 1. The molecule has 0 saturated carbocycles. The van der Waals surface area contributed by atoms with E-state index in [0.717, 1.165) is 0 Å². The van der Waals surface area contributed by atoms with Crippen LogP contribution in [0.1, 0.15) is 30.5 Å². The Hall–Kier alpha value is -1.32. The van der Waals surface area contributed by atoms with E-state index in [1.54, 1.807) is 25.1 Å². The van der Waals surface area contributed by atoms with Gasteiger partial charge >= 0.3 is 0 Å². The van der Waals surface area contributed by atoms with Crippen LogP contribution in [0.5, 0.6) is 0 Å². The van der Waals surface area contributed by atoms with Crippen LogP contribution < -0.4 is 4.31 Å². The van der Waals surface area contributed by atoms with Crippen LogP contribution in [-0.2, 0) is 49.8 Å². The molecule has 3 rings (SSSR count). The third kappa shape index (κ3) is 4.80. The van der Waals surface area contributed by atoms with Crippen molar-refractivity contribution in [2.75, 3.05) is 10.8 Å². The van der Waals surface area contributed by atoms with Crippen LogP contribution in [0.25, 0.3) is 10.7 Å². The predicted octanol–water partition coefficient (Wildman–Crippen LogP) is 4.00. The number of aryl methyl sites for hydroxylation is 2. The van der Waals surface area contributed by atoms with Gasteiger partial charge in [-0.2, -0.15) is 5.10 Å². The second kappa shape index (κ2) is 10.5. The molecule has 1 radical (unpaired) electrons. The van der Waals surface area contributed by atoms with Gasteiger partial charge in [-0.05, 0) is 12.5 Å². The van der Waals surface area contributed by atoms with Crippen LogP contribution in [-0.4, -0.2) is 36.3 Å². The number of halogens is 2. The van der Waals surface area contributed by atoms with Gasteiger partial charge in [-0.15, -0.1) is 0 Å². The first kappa shape index (κ1) is 26.7. The van der Waals surface area contributed by atoms with Gasteiger partial charge in [0.25, 0.3) is 16.4 Å². The molecule has 1 aromatic carbocycles. The van der Waals surface area contributed by atoms with E-state index in [1.165, 1.54) is 24.0 Å². The number of aromatic nitrogens is 2. The standard InChI is InChI=1S/C15H15F2N3O3S.C2H6.CH3.Y/c1-9-5-3-4-6-10(9)14-13(21)11-7-19(2)18-15(11)20(8-12(16)17)24(14,22)23;1-2;;/h3-7,12,21H,8H2,1-2H3;1-2H3;1H3;/q;;-1;. The summed E-state index contributed by atoms with van der Waals surface area (Å²) in [6.07, 6.45) is -1.48. The second-order valence-electron chi connectivity index (χ2n) is 5.46. The molecule has 6 nitrogen and oxygen atoms in total. The number of sulfonamides is 1. The van der Waals surface area contributed by atoms with Gasteiger partial charge in [0.2, 0.25) is 0 Å². The van der Waals surface area contributed by atoms with E-state index >= 15 is 0 Å². The van der Waals surface area contributed by atoms with Crippen LogP contribution in [0.4, 0.5) is 14.6 Å². The summed E-state index contributed by atoms with van der Waals surface area (Å²) in [5.74, 6) is -0.689. The van der Waals surface area contributed by atoms with Crippen LogP contribution in [0.15, 0.2) is 30.5 Å². The molecular formula is C18H24F2N3O3SY-. The summed E-state index contributed by atoms with van der Waals surface area (Å²) in [6, 6.07) is 6.55. The molecule has 0 aliphatic carbocycles. The minimum atomic E-state index is -4.38. The maximum atomic E-state index is 13.0. The summed E-state index contributed by atoms with van der Waals surface area (Å²) in [4.78, 5) is -0.387. The van der Waals surface area contributed by atoms with Crippen molar-refractivity contribution in [2.24, 2.45) is 7.05 Å².